The van der Waals surface area contributed by atoms with E-state index in [4.69, 9.17) is 4.74 Å². The summed E-state index contributed by atoms with van der Waals surface area (Å²) in [5.41, 5.74) is 0. The van der Waals surface area contributed by atoms with Gasteiger partial charge >= 0.3 is 0 Å². The van der Waals surface area contributed by atoms with Crippen LogP contribution in [0.1, 0.15) is 6.42 Å². The Hall–Kier alpha value is -0.120. The Kier molecular flexibility index (Phi) is 3.12. The monoisotopic (exact) mass is 145 g/mol. The van der Waals surface area contributed by atoms with Crippen LogP contribution in [0.15, 0.2) is 0 Å². The van der Waals surface area contributed by atoms with Crippen LogP contribution >= 0.6 is 0 Å². The molecule has 0 aliphatic carbocycles. The zero-order valence-corrected chi connectivity index (χ0v) is 6.34. The van der Waals surface area contributed by atoms with Gasteiger partial charge in [-0.25, -0.2) is 0 Å². The molecule has 2 N–H and O–H groups in total. The molecule has 0 bridgehead atoms. The lowest BCUT2D eigenvalue weighted by Crippen LogP contribution is -2.42. The molecule has 1 aliphatic rings. The lowest BCUT2D eigenvalue weighted by molar-refractivity contribution is 0.0296. The van der Waals surface area contributed by atoms with E-state index >= 15 is 0 Å². The third-order valence-corrected chi connectivity index (χ3v) is 1.97. The highest BCUT2D eigenvalue weighted by molar-refractivity contribution is 4.76. The number of hydrogen-bond donors (Lipinski definition) is 2. The molecule has 0 aromatic heterocycles. The minimum absolute atomic E-state index is 0.214. The number of methoxy groups -OCH3 is 1. The van der Waals surface area contributed by atoms with Gasteiger partial charge in [-0.05, 0) is 13.0 Å². The van der Waals surface area contributed by atoms with Gasteiger partial charge in [-0.3, -0.25) is 0 Å². The van der Waals surface area contributed by atoms with Crippen molar-refractivity contribution in [1.29, 1.82) is 0 Å². The van der Waals surface area contributed by atoms with Crippen LogP contribution in [0, 0.1) is 5.92 Å². The van der Waals surface area contributed by atoms with E-state index in [1.807, 2.05) is 0 Å². The number of ether oxygens (including phenoxy) is 1. The van der Waals surface area contributed by atoms with Crippen LogP contribution in [-0.2, 0) is 4.74 Å². The molecule has 1 aliphatic heterocycles. The van der Waals surface area contributed by atoms with E-state index in [-0.39, 0.29) is 6.10 Å². The van der Waals surface area contributed by atoms with E-state index in [2.05, 4.69) is 5.32 Å². The van der Waals surface area contributed by atoms with Crippen LogP contribution in [0.3, 0.4) is 0 Å². The second-order valence-electron chi connectivity index (χ2n) is 2.78. The Balaban J connectivity index is 2.25. The molecule has 10 heavy (non-hydrogen) atoms. The highest BCUT2D eigenvalue weighted by atomic mass is 16.5. The molecule has 3 nitrogen and oxygen atoms in total. The third-order valence-electron chi connectivity index (χ3n) is 1.97. The normalized spacial score (nSPS) is 34.2. The van der Waals surface area contributed by atoms with E-state index in [0.29, 0.717) is 19.1 Å². The molecular weight excluding hydrogens is 130 g/mol. The summed E-state index contributed by atoms with van der Waals surface area (Å²) in [6.45, 7) is 2.40. The Morgan fingerprint density at radius 1 is 1.70 bits per heavy atom. The second kappa shape index (κ2) is 3.91. The maximum Gasteiger partial charge on any atom is 0.0715 e. The summed E-state index contributed by atoms with van der Waals surface area (Å²) in [5, 5.41) is 12.5. The van der Waals surface area contributed by atoms with Gasteiger partial charge in [-0.1, -0.05) is 0 Å². The van der Waals surface area contributed by atoms with Gasteiger partial charge in [0, 0.05) is 19.6 Å². The Bertz CT molecular complexity index is 95.6. The fourth-order valence-corrected chi connectivity index (χ4v) is 1.30. The van der Waals surface area contributed by atoms with E-state index in [1.54, 1.807) is 7.11 Å². The lowest BCUT2D eigenvalue weighted by atomic mass is 9.96. The summed E-state index contributed by atoms with van der Waals surface area (Å²) in [6.07, 6.45) is 0.809. The summed E-state index contributed by atoms with van der Waals surface area (Å²) in [4.78, 5) is 0. The highest BCUT2D eigenvalue weighted by Gasteiger charge is 2.21. The molecule has 0 aromatic rings. The van der Waals surface area contributed by atoms with Crippen LogP contribution in [-0.4, -0.2) is 38.0 Å². The SMILES string of the molecule is COCC1CCNCC1O. The quantitative estimate of drug-likeness (QED) is 0.555. The number of rotatable bonds is 2. The zero-order chi connectivity index (χ0) is 7.40. The molecule has 0 amide bonds. The van der Waals surface area contributed by atoms with E-state index < -0.39 is 0 Å². The van der Waals surface area contributed by atoms with E-state index in [9.17, 15) is 5.11 Å². The third kappa shape index (κ3) is 1.94. The molecule has 1 saturated heterocycles. The molecule has 1 rings (SSSR count). The zero-order valence-electron chi connectivity index (χ0n) is 6.34. The molecule has 2 unspecified atom stereocenters. The van der Waals surface area contributed by atoms with Crippen molar-refractivity contribution < 1.29 is 9.84 Å². The molecule has 1 fully saturated rings. The Morgan fingerprint density at radius 2 is 2.50 bits per heavy atom. The topological polar surface area (TPSA) is 41.5 Å². The second-order valence-corrected chi connectivity index (χ2v) is 2.78. The van der Waals surface area contributed by atoms with Crippen molar-refractivity contribution in [1.82, 2.24) is 5.32 Å². The minimum atomic E-state index is -0.214. The molecule has 3 heteroatoms. The van der Waals surface area contributed by atoms with Crippen molar-refractivity contribution >= 4 is 0 Å². The van der Waals surface area contributed by atoms with Gasteiger partial charge in [0.25, 0.3) is 0 Å². The van der Waals surface area contributed by atoms with Crippen LogP contribution in [0.5, 0.6) is 0 Å². The first-order valence-electron chi connectivity index (χ1n) is 3.72. The van der Waals surface area contributed by atoms with Gasteiger partial charge < -0.3 is 15.2 Å². The summed E-state index contributed by atoms with van der Waals surface area (Å²) >= 11 is 0. The lowest BCUT2D eigenvalue weighted by Gasteiger charge is -2.27. The molecule has 2 atom stereocenters. The number of hydrogen-bond acceptors (Lipinski definition) is 3. The molecular formula is C7H15NO2. The molecule has 0 spiro atoms. The predicted molar refractivity (Wildman–Crippen MR) is 38.9 cm³/mol. The van der Waals surface area contributed by atoms with Gasteiger partial charge in [0.15, 0.2) is 0 Å². The van der Waals surface area contributed by atoms with Crippen molar-refractivity contribution in [2.24, 2.45) is 5.92 Å². The maximum absolute atomic E-state index is 9.36. The van der Waals surface area contributed by atoms with Crippen LogP contribution in [0.2, 0.25) is 0 Å². The number of aliphatic hydroxyl groups excluding tert-OH is 1. The van der Waals surface area contributed by atoms with Gasteiger partial charge in [-0.2, -0.15) is 0 Å². The standard InChI is InChI=1S/C7H15NO2/c1-10-5-6-2-3-8-4-7(6)9/h6-9H,2-5H2,1H3. The van der Waals surface area contributed by atoms with Crippen molar-refractivity contribution in [3.05, 3.63) is 0 Å². The van der Waals surface area contributed by atoms with Crippen LogP contribution < -0.4 is 5.32 Å². The number of nitrogens with one attached hydrogen (secondary N) is 1. The van der Waals surface area contributed by atoms with Crippen molar-refractivity contribution in [3.8, 4) is 0 Å². The van der Waals surface area contributed by atoms with Crippen LogP contribution in [0.4, 0.5) is 0 Å². The largest absolute Gasteiger partial charge is 0.391 e. The average Bonchev–Trinajstić information content (AvgIpc) is 1.94. The maximum atomic E-state index is 9.36. The highest BCUT2D eigenvalue weighted by Crippen LogP contribution is 2.11. The summed E-state index contributed by atoms with van der Waals surface area (Å²) in [7, 11) is 1.68. The minimum Gasteiger partial charge on any atom is -0.391 e. The summed E-state index contributed by atoms with van der Waals surface area (Å²) in [6, 6.07) is 0. The molecule has 60 valence electrons. The fourth-order valence-electron chi connectivity index (χ4n) is 1.30. The first-order chi connectivity index (χ1) is 4.84. The van der Waals surface area contributed by atoms with Gasteiger partial charge in [0.1, 0.15) is 0 Å². The predicted octanol–water partition coefficient (Wildman–Crippen LogP) is -0.397. The summed E-state index contributed by atoms with van der Waals surface area (Å²) < 4.78 is 4.96. The van der Waals surface area contributed by atoms with Crippen molar-refractivity contribution in [3.63, 3.8) is 0 Å². The number of piperidine rings is 1. The number of aliphatic hydroxyl groups is 1. The van der Waals surface area contributed by atoms with E-state index in [1.165, 1.54) is 0 Å². The van der Waals surface area contributed by atoms with Crippen molar-refractivity contribution in [2.75, 3.05) is 26.8 Å². The Labute approximate surface area is 61.4 Å². The fraction of sp³-hybridized carbons (Fsp3) is 1.00. The first kappa shape index (κ1) is 7.98. The molecule has 0 saturated carbocycles. The van der Waals surface area contributed by atoms with Crippen molar-refractivity contribution in [2.45, 2.75) is 12.5 Å². The first-order valence-corrected chi connectivity index (χ1v) is 3.72. The van der Waals surface area contributed by atoms with Gasteiger partial charge in [0.2, 0.25) is 0 Å². The van der Waals surface area contributed by atoms with Crippen LogP contribution in [0.25, 0.3) is 0 Å². The number of β-amino-alcohol motifs (C(OH)–C–C–N with tert-alkyl or cyclic N) is 1. The molecule has 1 heterocycles. The smallest absolute Gasteiger partial charge is 0.0715 e. The van der Waals surface area contributed by atoms with Gasteiger partial charge in [0.05, 0.1) is 12.7 Å². The summed E-state index contributed by atoms with van der Waals surface area (Å²) in [5.74, 6) is 0.339. The van der Waals surface area contributed by atoms with E-state index in [0.717, 1.165) is 13.0 Å². The molecule has 0 radical (unpaired) electrons. The van der Waals surface area contributed by atoms with Gasteiger partial charge in [-0.15, -0.1) is 0 Å². The Morgan fingerprint density at radius 3 is 3.10 bits per heavy atom. The molecule has 0 aromatic carbocycles. The average molecular weight is 145 g/mol.